The lowest BCUT2D eigenvalue weighted by molar-refractivity contribution is -0.134. The third kappa shape index (κ3) is 3.47. The summed E-state index contributed by atoms with van der Waals surface area (Å²) in [5.74, 6) is 2.12. The van der Waals surface area contributed by atoms with Crippen molar-refractivity contribution >= 4 is 5.91 Å². The van der Waals surface area contributed by atoms with E-state index in [9.17, 15) is 4.79 Å². The van der Waals surface area contributed by atoms with Crippen LogP contribution >= 0.6 is 0 Å². The molecule has 142 valence electrons. The minimum Gasteiger partial charge on any atom is -0.497 e. The summed E-state index contributed by atoms with van der Waals surface area (Å²) >= 11 is 0. The molecule has 4 rings (SSSR count). The van der Waals surface area contributed by atoms with E-state index in [2.05, 4.69) is 27.0 Å². The molecule has 7 nitrogen and oxygen atoms in total. The van der Waals surface area contributed by atoms with Gasteiger partial charge in [0.1, 0.15) is 11.6 Å². The average Bonchev–Trinajstić information content (AvgIpc) is 3.17. The number of carbonyl (C=O) groups is 1. The molecule has 27 heavy (non-hydrogen) atoms. The van der Waals surface area contributed by atoms with Gasteiger partial charge in [-0.3, -0.25) is 9.69 Å². The van der Waals surface area contributed by atoms with E-state index in [-0.39, 0.29) is 17.9 Å². The maximum Gasteiger partial charge on any atom is 0.264 e. The van der Waals surface area contributed by atoms with Gasteiger partial charge in [0, 0.05) is 44.9 Å². The number of carbonyl (C=O) groups excluding carboxylic acids is 1. The molecule has 2 fully saturated rings. The summed E-state index contributed by atoms with van der Waals surface area (Å²) in [6.45, 7) is 4.33. The van der Waals surface area contributed by atoms with Gasteiger partial charge in [0.15, 0.2) is 6.10 Å². The van der Waals surface area contributed by atoms with E-state index in [0.717, 1.165) is 25.4 Å². The Morgan fingerprint density at radius 2 is 1.96 bits per heavy atom. The van der Waals surface area contributed by atoms with Gasteiger partial charge in [0.05, 0.1) is 13.2 Å². The molecule has 0 radical (unpaired) electrons. The van der Waals surface area contributed by atoms with E-state index in [4.69, 9.17) is 9.47 Å². The van der Waals surface area contributed by atoms with Crippen LogP contribution in [0.2, 0.25) is 0 Å². The van der Waals surface area contributed by atoms with Crippen molar-refractivity contribution in [1.82, 2.24) is 19.8 Å². The van der Waals surface area contributed by atoms with Crippen molar-refractivity contribution in [3.05, 3.63) is 47.9 Å². The summed E-state index contributed by atoms with van der Waals surface area (Å²) in [6.07, 6.45) is 1.17. The van der Waals surface area contributed by atoms with Gasteiger partial charge in [-0.05, 0) is 24.6 Å². The molecule has 2 aromatic rings. The Morgan fingerprint density at radius 3 is 2.67 bits per heavy atom. The molecule has 1 aromatic carbocycles. The number of rotatable bonds is 5. The lowest BCUT2D eigenvalue weighted by atomic mass is 10.0. The van der Waals surface area contributed by atoms with Gasteiger partial charge >= 0.3 is 0 Å². The normalized spacial score (nSPS) is 24.9. The highest BCUT2D eigenvalue weighted by molar-refractivity contribution is 5.84. The molecule has 3 atom stereocenters. The second-order valence-corrected chi connectivity index (χ2v) is 7.20. The Balaban J connectivity index is 1.46. The number of hydrogen-bond acceptors (Lipinski definition) is 6. The molecule has 0 N–H and O–H groups in total. The molecule has 0 unspecified atom stereocenters. The highest BCUT2D eigenvalue weighted by Gasteiger charge is 2.52. The Hall–Kier alpha value is -2.67. The van der Waals surface area contributed by atoms with Gasteiger partial charge < -0.3 is 14.4 Å². The van der Waals surface area contributed by atoms with Crippen molar-refractivity contribution in [2.24, 2.45) is 5.92 Å². The van der Waals surface area contributed by atoms with Crippen LogP contribution in [-0.4, -0.2) is 65.1 Å². The van der Waals surface area contributed by atoms with Gasteiger partial charge in [-0.1, -0.05) is 12.1 Å². The number of aryl methyl sites for hydroxylation is 1. The van der Waals surface area contributed by atoms with E-state index in [0.29, 0.717) is 11.7 Å². The van der Waals surface area contributed by atoms with Gasteiger partial charge in [-0.2, -0.15) is 4.98 Å². The fraction of sp³-hybridized carbons (Fsp3) is 0.450. The molecule has 1 amide bonds. The number of aromatic nitrogens is 2. The number of hydrogen-bond donors (Lipinski definition) is 0. The van der Waals surface area contributed by atoms with Crippen LogP contribution in [0, 0.1) is 12.8 Å². The molecule has 2 aliphatic rings. The lowest BCUT2D eigenvalue weighted by Crippen LogP contribution is -2.37. The SMILES string of the molecule is COc1ccc(CN2C[C@@H]3[C@H](Oc4ccnc(C)n4)C(=O)N(C)[C@@H]3C2)cc1. The first-order chi connectivity index (χ1) is 13.0. The molecule has 0 saturated carbocycles. The number of ether oxygens (including phenoxy) is 2. The van der Waals surface area contributed by atoms with Crippen LogP contribution in [0.5, 0.6) is 11.6 Å². The van der Waals surface area contributed by atoms with Crippen LogP contribution in [0.4, 0.5) is 0 Å². The number of likely N-dealkylation sites (N-methyl/N-ethyl adjacent to an activating group) is 1. The van der Waals surface area contributed by atoms with Gasteiger partial charge in [-0.15, -0.1) is 0 Å². The van der Waals surface area contributed by atoms with Crippen molar-refractivity contribution in [2.75, 3.05) is 27.2 Å². The minimum atomic E-state index is -0.491. The summed E-state index contributed by atoms with van der Waals surface area (Å²) in [4.78, 5) is 25.2. The Bertz CT molecular complexity index is 826. The maximum absolute atomic E-state index is 12.7. The van der Waals surface area contributed by atoms with Crippen LogP contribution in [0.15, 0.2) is 36.5 Å². The molecule has 0 aliphatic carbocycles. The summed E-state index contributed by atoms with van der Waals surface area (Å²) in [7, 11) is 3.54. The molecular weight excluding hydrogens is 344 g/mol. The van der Waals surface area contributed by atoms with Crippen molar-refractivity contribution in [2.45, 2.75) is 25.6 Å². The zero-order chi connectivity index (χ0) is 19.0. The molecule has 2 saturated heterocycles. The molecular formula is C20H24N4O3. The Kier molecular flexibility index (Phi) is 4.70. The second-order valence-electron chi connectivity index (χ2n) is 7.20. The summed E-state index contributed by atoms with van der Waals surface area (Å²) < 4.78 is 11.2. The molecule has 1 aromatic heterocycles. The van der Waals surface area contributed by atoms with Gasteiger partial charge in [0.2, 0.25) is 5.88 Å². The fourth-order valence-electron chi connectivity index (χ4n) is 4.04. The zero-order valence-corrected chi connectivity index (χ0v) is 15.8. The molecule has 3 heterocycles. The standard InChI is InChI=1S/C20H24N4O3/c1-13-21-9-8-18(22-13)27-19-16-11-24(12-17(16)23(2)20(19)25)10-14-4-6-15(26-3)7-5-14/h4-9,16-17,19H,10-12H2,1-3H3/t16-,17+,19-/m0/s1. The predicted molar refractivity (Wildman–Crippen MR) is 99.5 cm³/mol. The van der Waals surface area contributed by atoms with Crippen LogP contribution in [0.1, 0.15) is 11.4 Å². The van der Waals surface area contributed by atoms with E-state index in [1.807, 2.05) is 31.0 Å². The average molecular weight is 368 g/mol. The number of benzene rings is 1. The molecule has 0 bridgehead atoms. The van der Waals surface area contributed by atoms with E-state index in [1.54, 1.807) is 19.4 Å². The third-order valence-corrected chi connectivity index (χ3v) is 5.45. The quantitative estimate of drug-likeness (QED) is 0.797. The number of nitrogens with zero attached hydrogens (tertiary/aromatic N) is 4. The van der Waals surface area contributed by atoms with Crippen molar-refractivity contribution in [1.29, 1.82) is 0 Å². The van der Waals surface area contributed by atoms with Crippen molar-refractivity contribution in [3.63, 3.8) is 0 Å². The van der Waals surface area contributed by atoms with E-state index >= 15 is 0 Å². The van der Waals surface area contributed by atoms with Gasteiger partial charge in [-0.25, -0.2) is 4.98 Å². The van der Waals surface area contributed by atoms with Crippen LogP contribution < -0.4 is 9.47 Å². The number of fused-ring (bicyclic) bond motifs is 1. The molecule has 2 aliphatic heterocycles. The van der Waals surface area contributed by atoms with Crippen molar-refractivity contribution in [3.8, 4) is 11.6 Å². The first-order valence-electron chi connectivity index (χ1n) is 9.13. The number of methoxy groups -OCH3 is 1. The largest absolute Gasteiger partial charge is 0.497 e. The summed E-state index contributed by atoms with van der Waals surface area (Å²) in [5, 5.41) is 0. The van der Waals surface area contributed by atoms with Crippen LogP contribution in [0.25, 0.3) is 0 Å². The van der Waals surface area contributed by atoms with Crippen molar-refractivity contribution < 1.29 is 14.3 Å². The zero-order valence-electron chi connectivity index (χ0n) is 15.8. The first-order valence-corrected chi connectivity index (χ1v) is 9.13. The Labute approximate surface area is 158 Å². The van der Waals surface area contributed by atoms with Crippen LogP contribution in [-0.2, 0) is 11.3 Å². The summed E-state index contributed by atoms with van der Waals surface area (Å²) in [6, 6.07) is 10.00. The third-order valence-electron chi connectivity index (χ3n) is 5.45. The smallest absolute Gasteiger partial charge is 0.264 e. The Morgan fingerprint density at radius 1 is 1.19 bits per heavy atom. The van der Waals surface area contributed by atoms with Gasteiger partial charge in [0.25, 0.3) is 5.91 Å². The topological polar surface area (TPSA) is 67.8 Å². The molecule has 0 spiro atoms. The monoisotopic (exact) mass is 368 g/mol. The number of likely N-dealkylation sites (tertiary alicyclic amines) is 2. The lowest BCUT2D eigenvalue weighted by Gasteiger charge is -2.22. The second kappa shape index (κ2) is 7.15. The minimum absolute atomic E-state index is 0.0327. The van der Waals surface area contributed by atoms with E-state index in [1.165, 1.54) is 5.56 Å². The molecule has 7 heteroatoms. The summed E-state index contributed by atoms with van der Waals surface area (Å²) in [5.41, 5.74) is 1.23. The first kappa shape index (κ1) is 17.7. The maximum atomic E-state index is 12.7. The predicted octanol–water partition coefficient (Wildman–Crippen LogP) is 1.51. The number of amides is 1. The highest BCUT2D eigenvalue weighted by Crippen LogP contribution is 2.34. The highest BCUT2D eigenvalue weighted by atomic mass is 16.5. The fourth-order valence-corrected chi connectivity index (χ4v) is 4.04. The van der Waals surface area contributed by atoms with Crippen LogP contribution in [0.3, 0.4) is 0 Å². The van der Waals surface area contributed by atoms with E-state index < -0.39 is 6.10 Å².